The molecule has 7 nitrogen and oxygen atoms in total. The van der Waals surface area contributed by atoms with E-state index >= 15 is 0 Å². The topological polar surface area (TPSA) is 70.1 Å². The fourth-order valence-electron chi connectivity index (χ4n) is 2.89. The maximum absolute atomic E-state index is 6.25. The lowest BCUT2D eigenvalue weighted by molar-refractivity contribution is 0.311. The Morgan fingerprint density at radius 1 is 1.04 bits per heavy atom. The summed E-state index contributed by atoms with van der Waals surface area (Å²) in [7, 11) is 2.12. The van der Waals surface area contributed by atoms with Gasteiger partial charge in [0.05, 0.1) is 0 Å². The van der Waals surface area contributed by atoms with E-state index in [4.69, 9.17) is 16.6 Å². The molecule has 1 saturated heterocycles. The first-order chi connectivity index (χ1) is 12.6. The van der Waals surface area contributed by atoms with E-state index in [1.54, 1.807) is 12.4 Å². The zero-order valence-electron chi connectivity index (χ0n) is 14.8. The zero-order chi connectivity index (χ0) is 18.1. The molecule has 4 rings (SSSR count). The van der Waals surface area contributed by atoms with Gasteiger partial charge in [0.15, 0.2) is 17.0 Å². The van der Waals surface area contributed by atoms with Gasteiger partial charge in [0.1, 0.15) is 0 Å². The Morgan fingerprint density at radius 2 is 1.81 bits per heavy atom. The van der Waals surface area contributed by atoms with Gasteiger partial charge in [-0.25, -0.2) is 9.97 Å². The van der Waals surface area contributed by atoms with Gasteiger partial charge in [-0.1, -0.05) is 17.7 Å². The summed E-state index contributed by atoms with van der Waals surface area (Å²) < 4.78 is 0. The number of likely N-dealkylation sites (N-methyl/N-ethyl adjacent to an activating group) is 1. The van der Waals surface area contributed by atoms with Crippen LogP contribution < -0.4 is 10.2 Å². The van der Waals surface area contributed by atoms with Gasteiger partial charge in [-0.3, -0.25) is 0 Å². The Kier molecular flexibility index (Phi) is 4.57. The van der Waals surface area contributed by atoms with Crippen molar-refractivity contribution in [2.24, 2.45) is 0 Å². The molecule has 0 spiro atoms. The number of benzene rings is 1. The number of aryl methyl sites for hydroxylation is 1. The summed E-state index contributed by atoms with van der Waals surface area (Å²) in [5.41, 5.74) is 3.11. The van der Waals surface area contributed by atoms with Gasteiger partial charge in [-0.2, -0.15) is 9.97 Å². The molecule has 3 heterocycles. The van der Waals surface area contributed by atoms with Gasteiger partial charge in [-0.15, -0.1) is 0 Å². The third kappa shape index (κ3) is 3.40. The molecule has 0 radical (unpaired) electrons. The summed E-state index contributed by atoms with van der Waals surface area (Å²) in [6.07, 6.45) is 3.30. The monoisotopic (exact) mass is 369 g/mol. The van der Waals surface area contributed by atoms with E-state index in [1.807, 2.05) is 25.1 Å². The van der Waals surface area contributed by atoms with Crippen molar-refractivity contribution in [2.75, 3.05) is 43.4 Å². The van der Waals surface area contributed by atoms with Crippen molar-refractivity contribution in [3.05, 3.63) is 41.2 Å². The van der Waals surface area contributed by atoms with Crippen molar-refractivity contribution < 1.29 is 0 Å². The van der Waals surface area contributed by atoms with Gasteiger partial charge in [-0.05, 0) is 31.7 Å². The second-order valence-electron chi connectivity index (χ2n) is 6.48. The van der Waals surface area contributed by atoms with E-state index in [2.05, 4.69) is 37.1 Å². The van der Waals surface area contributed by atoms with Crippen LogP contribution in [0.4, 0.5) is 17.5 Å². The van der Waals surface area contributed by atoms with E-state index in [9.17, 15) is 0 Å². The lowest BCUT2D eigenvalue weighted by atomic mass is 10.2. The minimum Gasteiger partial charge on any atom is -0.338 e. The average Bonchev–Trinajstić information content (AvgIpc) is 2.65. The third-order valence-corrected chi connectivity index (χ3v) is 4.95. The number of aromatic nitrogens is 4. The van der Waals surface area contributed by atoms with Crippen LogP contribution in [-0.2, 0) is 0 Å². The quantitative estimate of drug-likeness (QED) is 0.761. The minimum absolute atomic E-state index is 0.581. The molecule has 1 aromatic carbocycles. The number of fused-ring (bicyclic) bond motifs is 1. The number of nitrogens with zero attached hydrogens (tertiary/aromatic N) is 6. The largest absolute Gasteiger partial charge is 0.338 e. The van der Waals surface area contributed by atoms with Crippen LogP contribution in [0.1, 0.15) is 5.56 Å². The van der Waals surface area contributed by atoms with E-state index < -0.39 is 0 Å². The molecular weight excluding hydrogens is 350 g/mol. The number of hydrogen-bond acceptors (Lipinski definition) is 7. The lowest BCUT2D eigenvalue weighted by Crippen LogP contribution is -2.45. The molecule has 0 aliphatic carbocycles. The number of halogens is 1. The standard InChI is InChI=1S/C18H20ClN7/c1-12-3-4-13(11-14(12)19)22-17-15-16(21-6-5-20-15)23-18(24-17)26-9-7-25(2)8-10-26/h3-6,11H,7-10H2,1-2H3,(H,21,22,23,24). The van der Waals surface area contributed by atoms with Crippen LogP contribution in [0.5, 0.6) is 0 Å². The van der Waals surface area contributed by atoms with E-state index in [1.165, 1.54) is 0 Å². The Morgan fingerprint density at radius 3 is 2.58 bits per heavy atom. The maximum Gasteiger partial charge on any atom is 0.229 e. The average molecular weight is 370 g/mol. The molecule has 8 heteroatoms. The normalized spacial score (nSPS) is 15.4. The molecule has 0 atom stereocenters. The highest BCUT2D eigenvalue weighted by Crippen LogP contribution is 2.26. The van der Waals surface area contributed by atoms with Crippen LogP contribution in [0.2, 0.25) is 5.02 Å². The summed E-state index contributed by atoms with van der Waals surface area (Å²) >= 11 is 6.25. The highest BCUT2D eigenvalue weighted by atomic mass is 35.5. The smallest absolute Gasteiger partial charge is 0.229 e. The molecule has 1 fully saturated rings. The zero-order valence-corrected chi connectivity index (χ0v) is 15.5. The molecular formula is C18H20ClN7. The summed E-state index contributed by atoms with van der Waals surface area (Å²) in [5.74, 6) is 1.31. The van der Waals surface area contributed by atoms with E-state index in [0.29, 0.717) is 28.0 Å². The molecule has 134 valence electrons. The molecule has 1 aliphatic heterocycles. The van der Waals surface area contributed by atoms with Crippen LogP contribution in [0, 0.1) is 6.92 Å². The molecule has 0 saturated carbocycles. The molecule has 26 heavy (non-hydrogen) atoms. The Balaban J connectivity index is 1.73. The van der Waals surface area contributed by atoms with Crippen LogP contribution >= 0.6 is 11.6 Å². The Hall–Kier alpha value is -2.51. The molecule has 2 aromatic heterocycles. The summed E-state index contributed by atoms with van der Waals surface area (Å²) in [5, 5.41) is 4.04. The summed E-state index contributed by atoms with van der Waals surface area (Å²) in [6.45, 7) is 5.72. The molecule has 0 bridgehead atoms. The number of nitrogens with one attached hydrogen (secondary N) is 1. The molecule has 1 N–H and O–H groups in total. The van der Waals surface area contributed by atoms with Crippen LogP contribution in [0.25, 0.3) is 11.2 Å². The van der Waals surface area contributed by atoms with Crippen molar-refractivity contribution >= 4 is 40.2 Å². The number of rotatable bonds is 3. The molecule has 1 aliphatic rings. The first-order valence-corrected chi connectivity index (χ1v) is 8.93. The fraction of sp³-hybridized carbons (Fsp3) is 0.333. The second kappa shape index (κ2) is 7.01. The van der Waals surface area contributed by atoms with Crippen molar-refractivity contribution in [1.29, 1.82) is 0 Å². The second-order valence-corrected chi connectivity index (χ2v) is 6.89. The van der Waals surface area contributed by atoms with Gasteiger partial charge in [0, 0.05) is 49.3 Å². The predicted octanol–water partition coefficient (Wildman–Crippen LogP) is 2.88. The van der Waals surface area contributed by atoms with Crippen LogP contribution in [0.15, 0.2) is 30.6 Å². The predicted molar refractivity (Wildman–Crippen MR) is 104 cm³/mol. The van der Waals surface area contributed by atoms with Crippen molar-refractivity contribution in [1.82, 2.24) is 24.8 Å². The molecule has 0 amide bonds. The fourth-order valence-corrected chi connectivity index (χ4v) is 3.08. The van der Waals surface area contributed by atoms with Crippen molar-refractivity contribution in [3.8, 4) is 0 Å². The van der Waals surface area contributed by atoms with Crippen LogP contribution in [-0.4, -0.2) is 58.1 Å². The highest BCUT2D eigenvalue weighted by molar-refractivity contribution is 6.31. The number of hydrogen-bond donors (Lipinski definition) is 1. The van der Waals surface area contributed by atoms with Gasteiger partial charge in [0.2, 0.25) is 5.95 Å². The summed E-state index contributed by atoms with van der Waals surface area (Å²) in [4.78, 5) is 22.6. The number of piperazine rings is 1. The third-order valence-electron chi connectivity index (χ3n) is 4.54. The molecule has 0 unspecified atom stereocenters. The SMILES string of the molecule is Cc1ccc(Nc2nc(N3CCN(C)CC3)nc3nccnc23)cc1Cl. The summed E-state index contributed by atoms with van der Waals surface area (Å²) in [6, 6.07) is 5.83. The highest BCUT2D eigenvalue weighted by Gasteiger charge is 2.19. The van der Waals surface area contributed by atoms with Crippen LogP contribution in [0.3, 0.4) is 0 Å². The van der Waals surface area contributed by atoms with E-state index in [0.717, 1.165) is 37.4 Å². The Bertz CT molecular complexity index is 938. The van der Waals surface area contributed by atoms with Gasteiger partial charge < -0.3 is 15.1 Å². The lowest BCUT2D eigenvalue weighted by Gasteiger charge is -2.32. The van der Waals surface area contributed by atoms with E-state index in [-0.39, 0.29) is 0 Å². The minimum atomic E-state index is 0.581. The first kappa shape index (κ1) is 16.9. The Labute approximate surface area is 157 Å². The molecule has 3 aromatic rings. The number of anilines is 3. The van der Waals surface area contributed by atoms with Crippen molar-refractivity contribution in [2.45, 2.75) is 6.92 Å². The first-order valence-electron chi connectivity index (χ1n) is 8.55. The van der Waals surface area contributed by atoms with Crippen molar-refractivity contribution in [3.63, 3.8) is 0 Å². The van der Waals surface area contributed by atoms with Gasteiger partial charge in [0.25, 0.3) is 0 Å². The maximum atomic E-state index is 6.25. The van der Waals surface area contributed by atoms with Gasteiger partial charge >= 0.3 is 0 Å².